The highest BCUT2D eigenvalue weighted by molar-refractivity contribution is 7.21. The summed E-state index contributed by atoms with van der Waals surface area (Å²) in [6, 6.07) is 22.5. The average molecular weight is 420 g/mol. The number of nitrogens with zero attached hydrogens (tertiary/aromatic N) is 1. The van der Waals surface area contributed by atoms with Gasteiger partial charge < -0.3 is 9.15 Å². The van der Waals surface area contributed by atoms with Gasteiger partial charge in [0.05, 0.1) is 10.2 Å². The number of aromatic nitrogens is 1. The lowest BCUT2D eigenvalue weighted by atomic mass is 10.1. The molecule has 6 heteroatoms. The Morgan fingerprint density at radius 1 is 1.00 bits per heavy atom. The molecule has 4 nitrogen and oxygen atoms in total. The maximum Gasteiger partial charge on any atom is 0.336 e. The molecule has 0 bridgehead atoms. The molecule has 29 heavy (non-hydrogen) atoms. The summed E-state index contributed by atoms with van der Waals surface area (Å²) in [5.41, 5.74) is 2.85. The van der Waals surface area contributed by atoms with E-state index >= 15 is 0 Å². The lowest BCUT2D eigenvalue weighted by molar-refractivity contribution is 0.306. The van der Waals surface area contributed by atoms with Crippen LogP contribution < -0.4 is 10.4 Å². The fourth-order valence-corrected chi connectivity index (χ4v) is 4.31. The maximum absolute atomic E-state index is 11.8. The van der Waals surface area contributed by atoms with Gasteiger partial charge in [-0.1, -0.05) is 23.7 Å². The van der Waals surface area contributed by atoms with Crippen LogP contribution >= 0.6 is 22.9 Å². The summed E-state index contributed by atoms with van der Waals surface area (Å²) in [6.07, 6.45) is 0. The van der Waals surface area contributed by atoms with E-state index in [-0.39, 0.29) is 6.61 Å². The van der Waals surface area contributed by atoms with Gasteiger partial charge in [0, 0.05) is 27.6 Å². The minimum absolute atomic E-state index is 0.239. The Hall–Kier alpha value is -3.15. The van der Waals surface area contributed by atoms with Gasteiger partial charge in [-0.15, -0.1) is 11.3 Å². The van der Waals surface area contributed by atoms with Gasteiger partial charge in [-0.25, -0.2) is 9.78 Å². The Labute approximate surface area is 175 Å². The molecule has 0 aliphatic carbocycles. The van der Waals surface area contributed by atoms with E-state index in [1.165, 1.54) is 6.07 Å². The van der Waals surface area contributed by atoms with Crippen LogP contribution in [0.3, 0.4) is 0 Å². The van der Waals surface area contributed by atoms with Crippen LogP contribution in [0.15, 0.2) is 82.0 Å². The number of rotatable bonds is 4. The third-order valence-electron chi connectivity index (χ3n) is 4.58. The van der Waals surface area contributed by atoms with Crippen LogP contribution in [0, 0.1) is 0 Å². The molecule has 2 heterocycles. The number of halogens is 1. The molecule has 5 rings (SSSR count). The number of hydrogen-bond donors (Lipinski definition) is 0. The van der Waals surface area contributed by atoms with Crippen LogP contribution in [0.5, 0.6) is 5.75 Å². The standard InChI is InChI=1S/C23H14ClNO3S/c24-16-7-10-20-18(12-16)15(11-22(26)28-20)13-27-17-8-5-14(6-9-17)23-25-19-3-1-2-4-21(19)29-23/h1-12H,13H2. The number of fused-ring (bicyclic) bond motifs is 2. The first-order valence-electron chi connectivity index (χ1n) is 8.97. The van der Waals surface area contributed by atoms with Gasteiger partial charge in [0.25, 0.3) is 0 Å². The van der Waals surface area contributed by atoms with Crippen molar-refractivity contribution in [3.8, 4) is 16.3 Å². The van der Waals surface area contributed by atoms with E-state index in [1.54, 1.807) is 29.5 Å². The van der Waals surface area contributed by atoms with Crippen LogP contribution in [-0.2, 0) is 6.61 Å². The zero-order valence-electron chi connectivity index (χ0n) is 15.1. The fraction of sp³-hybridized carbons (Fsp3) is 0.0435. The smallest absolute Gasteiger partial charge is 0.336 e. The highest BCUT2D eigenvalue weighted by Gasteiger charge is 2.09. The summed E-state index contributed by atoms with van der Waals surface area (Å²) in [6.45, 7) is 0.239. The highest BCUT2D eigenvalue weighted by Crippen LogP contribution is 2.31. The second-order valence-corrected chi connectivity index (χ2v) is 8.00. The molecule has 0 atom stereocenters. The largest absolute Gasteiger partial charge is 0.489 e. The molecule has 0 amide bonds. The van der Waals surface area contributed by atoms with Crippen molar-refractivity contribution in [2.24, 2.45) is 0 Å². The molecule has 142 valence electrons. The molecule has 0 spiro atoms. The minimum Gasteiger partial charge on any atom is -0.489 e. The van der Waals surface area contributed by atoms with E-state index in [0.717, 1.165) is 31.7 Å². The van der Waals surface area contributed by atoms with Crippen LogP contribution in [0.2, 0.25) is 5.02 Å². The first-order chi connectivity index (χ1) is 14.2. The van der Waals surface area contributed by atoms with Crippen molar-refractivity contribution in [1.82, 2.24) is 4.98 Å². The molecule has 0 unspecified atom stereocenters. The molecular formula is C23H14ClNO3S. The summed E-state index contributed by atoms with van der Waals surface area (Å²) in [4.78, 5) is 16.5. The SMILES string of the molecule is O=c1cc(COc2ccc(-c3nc4ccccc4s3)cc2)c2cc(Cl)ccc2o1. The van der Waals surface area contributed by atoms with E-state index in [0.29, 0.717) is 16.4 Å². The molecule has 0 aliphatic heterocycles. The van der Waals surface area contributed by atoms with Crippen molar-refractivity contribution in [2.45, 2.75) is 6.61 Å². The van der Waals surface area contributed by atoms with Gasteiger partial charge in [0.2, 0.25) is 0 Å². The van der Waals surface area contributed by atoms with Crippen LogP contribution in [0.4, 0.5) is 0 Å². The Balaban J connectivity index is 1.39. The summed E-state index contributed by atoms with van der Waals surface area (Å²) >= 11 is 7.75. The van der Waals surface area contributed by atoms with Gasteiger partial charge in [0.1, 0.15) is 22.9 Å². The van der Waals surface area contributed by atoms with Gasteiger partial charge in [-0.05, 0) is 54.6 Å². The molecule has 0 aliphatic rings. The first-order valence-corrected chi connectivity index (χ1v) is 10.2. The second kappa shape index (κ2) is 7.35. The fourth-order valence-electron chi connectivity index (χ4n) is 3.17. The summed E-state index contributed by atoms with van der Waals surface area (Å²) < 4.78 is 12.3. The van der Waals surface area contributed by atoms with Crippen molar-refractivity contribution < 1.29 is 9.15 Å². The Kier molecular flexibility index (Phi) is 4.54. The molecule has 2 aromatic heterocycles. The van der Waals surface area contributed by atoms with Gasteiger partial charge >= 0.3 is 5.63 Å². The number of ether oxygens (including phenoxy) is 1. The third kappa shape index (κ3) is 3.62. The van der Waals surface area contributed by atoms with Crippen molar-refractivity contribution in [2.75, 3.05) is 0 Å². The summed E-state index contributed by atoms with van der Waals surface area (Å²) in [5, 5.41) is 2.31. The second-order valence-electron chi connectivity index (χ2n) is 6.53. The molecule has 0 fully saturated rings. The normalized spacial score (nSPS) is 11.2. The molecular weight excluding hydrogens is 406 g/mol. The Bertz CT molecular complexity index is 1360. The molecule has 0 saturated carbocycles. The third-order valence-corrected chi connectivity index (χ3v) is 5.90. The number of para-hydroxylation sites is 1. The van der Waals surface area contributed by atoms with Gasteiger partial charge in [-0.3, -0.25) is 0 Å². The minimum atomic E-state index is -0.412. The van der Waals surface area contributed by atoms with E-state index < -0.39 is 5.63 Å². The zero-order valence-corrected chi connectivity index (χ0v) is 16.7. The van der Waals surface area contributed by atoms with Crippen molar-refractivity contribution in [3.63, 3.8) is 0 Å². The monoisotopic (exact) mass is 419 g/mol. The van der Waals surface area contributed by atoms with E-state index in [4.69, 9.17) is 20.8 Å². The molecule has 0 saturated heterocycles. The number of benzene rings is 3. The molecule has 5 aromatic rings. The van der Waals surface area contributed by atoms with Crippen molar-refractivity contribution in [3.05, 3.63) is 93.8 Å². The number of thiazole rings is 1. The Morgan fingerprint density at radius 2 is 1.83 bits per heavy atom. The Morgan fingerprint density at radius 3 is 2.66 bits per heavy atom. The first kappa shape index (κ1) is 17.9. The summed E-state index contributed by atoms with van der Waals surface area (Å²) in [7, 11) is 0. The van der Waals surface area contributed by atoms with Crippen LogP contribution in [-0.4, -0.2) is 4.98 Å². The van der Waals surface area contributed by atoms with Crippen LogP contribution in [0.25, 0.3) is 31.8 Å². The van der Waals surface area contributed by atoms with E-state index in [1.807, 2.05) is 42.5 Å². The average Bonchev–Trinajstić information content (AvgIpc) is 3.17. The highest BCUT2D eigenvalue weighted by atomic mass is 35.5. The predicted molar refractivity (Wildman–Crippen MR) is 117 cm³/mol. The van der Waals surface area contributed by atoms with E-state index in [2.05, 4.69) is 11.1 Å². The topological polar surface area (TPSA) is 52.3 Å². The lowest BCUT2D eigenvalue weighted by Gasteiger charge is -2.09. The molecule has 0 N–H and O–H groups in total. The zero-order chi connectivity index (χ0) is 19.8. The van der Waals surface area contributed by atoms with Crippen molar-refractivity contribution in [1.29, 1.82) is 0 Å². The van der Waals surface area contributed by atoms with E-state index in [9.17, 15) is 4.79 Å². The van der Waals surface area contributed by atoms with Crippen molar-refractivity contribution >= 4 is 44.1 Å². The quantitative estimate of drug-likeness (QED) is 0.321. The lowest BCUT2D eigenvalue weighted by Crippen LogP contribution is -2.04. The molecule has 0 radical (unpaired) electrons. The maximum atomic E-state index is 11.8. The summed E-state index contributed by atoms with van der Waals surface area (Å²) in [5.74, 6) is 0.707. The number of hydrogen-bond acceptors (Lipinski definition) is 5. The molecule has 3 aromatic carbocycles. The van der Waals surface area contributed by atoms with Gasteiger partial charge in [0.15, 0.2) is 0 Å². The predicted octanol–water partition coefficient (Wildman–Crippen LogP) is 6.30. The van der Waals surface area contributed by atoms with Gasteiger partial charge in [-0.2, -0.15) is 0 Å². The van der Waals surface area contributed by atoms with Crippen LogP contribution in [0.1, 0.15) is 5.56 Å².